The maximum atomic E-state index is 12.5. The molecule has 0 spiro atoms. The Kier molecular flexibility index (Phi) is 8.73. The quantitative estimate of drug-likeness (QED) is 0.463. The molecule has 7 heteroatoms. The van der Waals surface area contributed by atoms with Gasteiger partial charge in [-0.15, -0.1) is 0 Å². The van der Waals surface area contributed by atoms with Gasteiger partial charge >= 0.3 is 5.97 Å². The normalized spacial score (nSPS) is 10.5. The van der Waals surface area contributed by atoms with E-state index < -0.39 is 11.9 Å². The number of amides is 2. The molecule has 0 bridgehead atoms. The molecular weight excluding hydrogens is 418 g/mol. The van der Waals surface area contributed by atoms with Crippen molar-refractivity contribution in [2.75, 3.05) is 23.8 Å². The molecule has 33 heavy (non-hydrogen) atoms. The number of benzene rings is 3. The third kappa shape index (κ3) is 8.59. The Hall–Kier alpha value is -3.97. The highest BCUT2D eigenvalue weighted by atomic mass is 16.5. The van der Waals surface area contributed by atoms with Crippen molar-refractivity contribution in [3.05, 3.63) is 96.1 Å². The predicted molar refractivity (Wildman–Crippen MR) is 127 cm³/mol. The third-order valence-electron chi connectivity index (χ3n) is 4.70. The summed E-state index contributed by atoms with van der Waals surface area (Å²) >= 11 is 0. The zero-order valence-corrected chi connectivity index (χ0v) is 18.5. The molecule has 0 aliphatic heterocycles. The van der Waals surface area contributed by atoms with Crippen molar-refractivity contribution in [1.82, 2.24) is 4.90 Å². The standard InChI is InChI=1S/C26H27N3O4/c1-20(30)27-23-12-14-24(15-13-23)28-25(31)19-33-26(32)18-29(16-21-8-4-2-5-9-21)17-22-10-6-3-7-11-22/h2-15H,16-19H2,1H3,(H,27,30)(H,28,31). The fraction of sp³-hybridized carbons (Fsp3) is 0.192. The third-order valence-corrected chi connectivity index (χ3v) is 4.70. The number of hydrogen-bond acceptors (Lipinski definition) is 5. The van der Waals surface area contributed by atoms with Gasteiger partial charge in [-0.3, -0.25) is 19.3 Å². The zero-order valence-electron chi connectivity index (χ0n) is 18.5. The Balaban J connectivity index is 1.51. The highest BCUT2D eigenvalue weighted by Gasteiger charge is 2.15. The molecule has 170 valence electrons. The van der Waals surface area contributed by atoms with Crippen molar-refractivity contribution in [2.24, 2.45) is 0 Å². The summed E-state index contributed by atoms with van der Waals surface area (Å²) in [6.45, 7) is 2.26. The van der Waals surface area contributed by atoms with E-state index >= 15 is 0 Å². The van der Waals surface area contributed by atoms with Gasteiger partial charge in [0.15, 0.2) is 6.61 Å². The van der Waals surface area contributed by atoms with Gasteiger partial charge in [-0.05, 0) is 35.4 Å². The molecule has 0 unspecified atom stereocenters. The fourth-order valence-corrected chi connectivity index (χ4v) is 3.26. The van der Waals surface area contributed by atoms with Crippen LogP contribution in [0.5, 0.6) is 0 Å². The molecule has 0 atom stereocenters. The Morgan fingerprint density at radius 3 is 1.70 bits per heavy atom. The van der Waals surface area contributed by atoms with E-state index in [1.807, 2.05) is 65.6 Å². The van der Waals surface area contributed by atoms with Gasteiger partial charge in [0.25, 0.3) is 5.91 Å². The second kappa shape index (κ2) is 12.2. The summed E-state index contributed by atoms with van der Waals surface area (Å²) in [5.74, 6) is -1.08. The molecule has 0 fully saturated rings. The molecule has 0 saturated heterocycles. The Morgan fingerprint density at radius 2 is 1.21 bits per heavy atom. The van der Waals surface area contributed by atoms with E-state index in [1.165, 1.54) is 6.92 Å². The number of esters is 1. The van der Waals surface area contributed by atoms with Crippen LogP contribution in [0.2, 0.25) is 0 Å². The fourth-order valence-electron chi connectivity index (χ4n) is 3.26. The zero-order chi connectivity index (χ0) is 23.5. The summed E-state index contributed by atoms with van der Waals surface area (Å²) in [4.78, 5) is 37.7. The molecule has 0 radical (unpaired) electrons. The number of anilines is 2. The molecule has 0 saturated carbocycles. The molecule has 3 aromatic rings. The number of nitrogens with zero attached hydrogens (tertiary/aromatic N) is 1. The lowest BCUT2D eigenvalue weighted by atomic mass is 10.1. The first-order chi connectivity index (χ1) is 16.0. The van der Waals surface area contributed by atoms with Crippen molar-refractivity contribution in [1.29, 1.82) is 0 Å². The van der Waals surface area contributed by atoms with Crippen molar-refractivity contribution in [2.45, 2.75) is 20.0 Å². The number of nitrogens with one attached hydrogen (secondary N) is 2. The molecule has 0 aliphatic carbocycles. The van der Waals surface area contributed by atoms with Gasteiger partial charge in [0.05, 0.1) is 6.54 Å². The Labute approximate surface area is 193 Å². The van der Waals surface area contributed by atoms with Crippen LogP contribution < -0.4 is 10.6 Å². The average molecular weight is 446 g/mol. The van der Waals surface area contributed by atoms with E-state index in [4.69, 9.17) is 4.74 Å². The molecule has 0 aliphatic rings. The first kappa shape index (κ1) is 23.7. The number of ether oxygens (including phenoxy) is 1. The van der Waals surface area contributed by atoms with Crippen LogP contribution in [-0.2, 0) is 32.2 Å². The minimum Gasteiger partial charge on any atom is -0.455 e. The molecule has 0 aromatic heterocycles. The second-order valence-electron chi connectivity index (χ2n) is 7.58. The largest absolute Gasteiger partial charge is 0.455 e. The molecule has 2 amide bonds. The highest BCUT2D eigenvalue weighted by Crippen LogP contribution is 2.14. The lowest BCUT2D eigenvalue weighted by molar-refractivity contribution is -0.148. The highest BCUT2D eigenvalue weighted by molar-refractivity contribution is 5.93. The lowest BCUT2D eigenvalue weighted by Gasteiger charge is -2.21. The van der Waals surface area contributed by atoms with E-state index in [0.717, 1.165) is 11.1 Å². The number of carbonyl (C=O) groups excluding carboxylic acids is 3. The maximum absolute atomic E-state index is 12.5. The smallest absolute Gasteiger partial charge is 0.320 e. The van der Waals surface area contributed by atoms with Gasteiger partial charge in [-0.2, -0.15) is 0 Å². The van der Waals surface area contributed by atoms with Gasteiger partial charge in [-0.1, -0.05) is 60.7 Å². The summed E-state index contributed by atoms with van der Waals surface area (Å²) in [6.07, 6.45) is 0. The molecule has 2 N–H and O–H groups in total. The maximum Gasteiger partial charge on any atom is 0.320 e. The van der Waals surface area contributed by atoms with Gasteiger partial charge in [0, 0.05) is 31.4 Å². The Bertz CT molecular complexity index is 1010. The van der Waals surface area contributed by atoms with E-state index in [1.54, 1.807) is 24.3 Å². The molecular formula is C26H27N3O4. The first-order valence-corrected chi connectivity index (χ1v) is 10.6. The van der Waals surface area contributed by atoms with Gasteiger partial charge < -0.3 is 15.4 Å². The SMILES string of the molecule is CC(=O)Nc1ccc(NC(=O)COC(=O)CN(Cc2ccccc2)Cc2ccccc2)cc1. The monoisotopic (exact) mass is 445 g/mol. The summed E-state index contributed by atoms with van der Waals surface area (Å²) < 4.78 is 5.21. The van der Waals surface area contributed by atoms with Crippen molar-refractivity contribution in [3.63, 3.8) is 0 Å². The van der Waals surface area contributed by atoms with Crippen LogP contribution >= 0.6 is 0 Å². The van der Waals surface area contributed by atoms with Gasteiger partial charge in [0.1, 0.15) is 0 Å². The van der Waals surface area contributed by atoms with E-state index in [0.29, 0.717) is 24.5 Å². The summed E-state index contributed by atoms with van der Waals surface area (Å²) in [5.41, 5.74) is 3.34. The molecule has 3 rings (SSSR count). The van der Waals surface area contributed by atoms with Crippen LogP contribution in [0.25, 0.3) is 0 Å². The van der Waals surface area contributed by atoms with Gasteiger partial charge in [0.2, 0.25) is 5.91 Å². The van der Waals surface area contributed by atoms with Crippen LogP contribution in [0.1, 0.15) is 18.1 Å². The van der Waals surface area contributed by atoms with Crippen LogP contribution in [0.3, 0.4) is 0 Å². The van der Waals surface area contributed by atoms with Crippen molar-refractivity contribution < 1.29 is 19.1 Å². The van der Waals surface area contributed by atoms with E-state index in [2.05, 4.69) is 10.6 Å². The van der Waals surface area contributed by atoms with Crippen LogP contribution in [-0.4, -0.2) is 35.8 Å². The van der Waals surface area contributed by atoms with Crippen LogP contribution in [0.4, 0.5) is 11.4 Å². The summed E-state index contributed by atoms with van der Waals surface area (Å²) in [5, 5.41) is 5.32. The summed E-state index contributed by atoms with van der Waals surface area (Å²) in [6, 6.07) is 26.4. The van der Waals surface area contributed by atoms with E-state index in [-0.39, 0.29) is 19.1 Å². The average Bonchev–Trinajstić information content (AvgIpc) is 2.80. The minimum atomic E-state index is -0.474. The molecule has 7 nitrogen and oxygen atoms in total. The van der Waals surface area contributed by atoms with Gasteiger partial charge in [-0.25, -0.2) is 0 Å². The number of hydrogen-bond donors (Lipinski definition) is 2. The van der Waals surface area contributed by atoms with Crippen molar-refractivity contribution in [3.8, 4) is 0 Å². The van der Waals surface area contributed by atoms with Crippen LogP contribution in [0.15, 0.2) is 84.9 Å². The predicted octanol–water partition coefficient (Wildman–Crippen LogP) is 3.83. The first-order valence-electron chi connectivity index (χ1n) is 10.6. The van der Waals surface area contributed by atoms with Crippen molar-refractivity contribution >= 4 is 29.2 Å². The molecule has 3 aromatic carbocycles. The second-order valence-corrected chi connectivity index (χ2v) is 7.58. The van der Waals surface area contributed by atoms with E-state index in [9.17, 15) is 14.4 Å². The van der Waals surface area contributed by atoms with Crippen LogP contribution in [0, 0.1) is 0 Å². The summed E-state index contributed by atoms with van der Waals surface area (Å²) in [7, 11) is 0. The number of rotatable bonds is 10. The topological polar surface area (TPSA) is 87.7 Å². The molecule has 0 heterocycles. The lowest BCUT2D eigenvalue weighted by Crippen LogP contribution is -2.32. The number of carbonyl (C=O) groups is 3. The minimum absolute atomic E-state index is 0.0580. The Morgan fingerprint density at radius 1 is 0.727 bits per heavy atom.